The highest BCUT2D eigenvalue weighted by atomic mass is 16.3. The highest BCUT2D eigenvalue weighted by molar-refractivity contribution is 5.76. The van der Waals surface area contributed by atoms with Gasteiger partial charge in [0, 0.05) is 80.6 Å². The number of aliphatic hydroxyl groups is 1. The van der Waals surface area contributed by atoms with E-state index in [9.17, 15) is 5.11 Å². The van der Waals surface area contributed by atoms with Gasteiger partial charge in [0.1, 0.15) is 11.5 Å². The first kappa shape index (κ1) is 34.1. The molecule has 0 bridgehead atoms. The number of piperazine rings is 1. The number of nitrogens with zero attached hydrogens (tertiary/aromatic N) is 5. The lowest BCUT2D eigenvalue weighted by Gasteiger charge is -2.32. The van der Waals surface area contributed by atoms with Crippen molar-refractivity contribution < 1.29 is 5.11 Å². The van der Waals surface area contributed by atoms with Gasteiger partial charge in [-0.1, -0.05) is 43.0 Å². The van der Waals surface area contributed by atoms with Crippen molar-refractivity contribution in [1.29, 1.82) is 0 Å². The summed E-state index contributed by atoms with van der Waals surface area (Å²) in [6.07, 6.45) is 12.2. The third-order valence-electron chi connectivity index (χ3n) is 10.3. The van der Waals surface area contributed by atoms with Crippen molar-refractivity contribution in [2.75, 3.05) is 43.9 Å². The van der Waals surface area contributed by atoms with E-state index >= 15 is 0 Å². The summed E-state index contributed by atoms with van der Waals surface area (Å²) in [7, 11) is 2.19. The zero-order chi connectivity index (χ0) is 34.1. The molecule has 260 valence electrons. The molecule has 0 unspecified atom stereocenters. The van der Waals surface area contributed by atoms with Gasteiger partial charge >= 0.3 is 0 Å². The summed E-state index contributed by atoms with van der Waals surface area (Å²) in [5.74, 6) is 7.84. The Labute approximate surface area is 297 Å². The van der Waals surface area contributed by atoms with Crippen molar-refractivity contribution in [3.63, 3.8) is 0 Å². The monoisotopic (exact) mass is 670 g/mol. The Morgan fingerprint density at radius 3 is 2.32 bits per heavy atom. The van der Waals surface area contributed by atoms with E-state index in [4.69, 9.17) is 9.97 Å². The summed E-state index contributed by atoms with van der Waals surface area (Å²) in [6.45, 7) is 6.26. The molecule has 1 saturated heterocycles. The molecule has 50 heavy (non-hydrogen) atoms. The summed E-state index contributed by atoms with van der Waals surface area (Å²) in [6, 6.07) is 21.9. The van der Waals surface area contributed by atoms with Crippen LogP contribution in [0.2, 0.25) is 0 Å². The van der Waals surface area contributed by atoms with Gasteiger partial charge in [-0.15, -0.1) is 0 Å². The van der Waals surface area contributed by atoms with Crippen LogP contribution in [0.1, 0.15) is 73.8 Å². The van der Waals surface area contributed by atoms with Crippen LogP contribution in [0, 0.1) is 11.8 Å². The van der Waals surface area contributed by atoms with Crippen LogP contribution < -0.4 is 16.0 Å². The Bertz CT molecular complexity index is 1740. The molecule has 2 aliphatic carbocycles. The highest BCUT2D eigenvalue weighted by Gasteiger charge is 2.22. The topological polar surface area (TPSA) is 101 Å². The van der Waals surface area contributed by atoms with Crippen molar-refractivity contribution in [2.24, 2.45) is 0 Å². The van der Waals surface area contributed by atoms with Crippen molar-refractivity contribution >= 4 is 17.5 Å². The van der Waals surface area contributed by atoms with E-state index in [-0.39, 0.29) is 12.1 Å². The fourth-order valence-corrected chi connectivity index (χ4v) is 7.18. The number of nitrogens with one attached hydrogen (secondary N) is 3. The lowest BCUT2D eigenvalue weighted by molar-refractivity contribution is 0.126. The second-order valence-corrected chi connectivity index (χ2v) is 14.2. The number of rotatable bonds is 10. The molecule has 9 nitrogen and oxygen atoms in total. The minimum absolute atomic E-state index is 0.208. The number of likely N-dealkylation sites (N-methyl/N-ethyl adjacent to an activating group) is 1. The maximum Gasteiger partial charge on any atom is 0.229 e. The predicted molar refractivity (Wildman–Crippen MR) is 201 cm³/mol. The van der Waals surface area contributed by atoms with Crippen LogP contribution >= 0.6 is 0 Å². The molecule has 3 fully saturated rings. The molecule has 3 aliphatic rings. The molecule has 2 aromatic heterocycles. The van der Waals surface area contributed by atoms with Crippen LogP contribution in [0.25, 0.3) is 11.1 Å². The normalized spacial score (nSPS) is 20.3. The second-order valence-electron chi connectivity index (χ2n) is 14.2. The summed E-state index contributed by atoms with van der Waals surface area (Å²) < 4.78 is 0. The van der Waals surface area contributed by atoms with Gasteiger partial charge < -0.3 is 26.0 Å². The summed E-state index contributed by atoms with van der Waals surface area (Å²) in [5.41, 5.74) is 7.19. The van der Waals surface area contributed by atoms with E-state index in [0.29, 0.717) is 12.0 Å². The first-order chi connectivity index (χ1) is 24.5. The maximum absolute atomic E-state index is 10.1. The second kappa shape index (κ2) is 16.6. The Morgan fingerprint density at radius 2 is 1.56 bits per heavy atom. The highest BCUT2D eigenvalue weighted by Crippen LogP contribution is 2.31. The molecule has 2 aromatic carbocycles. The summed E-state index contributed by atoms with van der Waals surface area (Å²) in [4.78, 5) is 19.1. The zero-order valence-corrected chi connectivity index (χ0v) is 29.2. The SMILES string of the molecule is CN1CCN(Cc2ccc(-c3cnc(Nc4ccc(C#Cc5cc(CNC6CCCC6)ccn5)cc4)nc3NC3CCC(O)CC3)cc2)CC1. The number of hydrogen-bond acceptors (Lipinski definition) is 9. The van der Waals surface area contributed by atoms with Gasteiger partial charge in [0.05, 0.1) is 6.10 Å². The molecular formula is C41H50N8O. The number of aliphatic hydroxyl groups excluding tert-OH is 1. The van der Waals surface area contributed by atoms with Crippen molar-refractivity contribution in [3.8, 4) is 23.0 Å². The average molecular weight is 671 g/mol. The number of pyridine rings is 1. The quantitative estimate of drug-likeness (QED) is 0.148. The van der Waals surface area contributed by atoms with E-state index in [2.05, 4.69) is 86.0 Å². The molecule has 4 N–H and O–H groups in total. The maximum atomic E-state index is 10.1. The van der Waals surface area contributed by atoms with Crippen LogP contribution in [0.15, 0.2) is 73.1 Å². The van der Waals surface area contributed by atoms with Gasteiger partial charge in [0.15, 0.2) is 0 Å². The third kappa shape index (κ3) is 9.46. The third-order valence-corrected chi connectivity index (χ3v) is 10.3. The Morgan fingerprint density at radius 1 is 0.800 bits per heavy atom. The number of anilines is 3. The van der Waals surface area contributed by atoms with Crippen LogP contribution in [0.3, 0.4) is 0 Å². The average Bonchev–Trinajstić information content (AvgIpc) is 3.67. The Kier molecular flexibility index (Phi) is 11.3. The number of hydrogen-bond donors (Lipinski definition) is 4. The lowest BCUT2D eigenvalue weighted by atomic mass is 9.93. The molecule has 2 saturated carbocycles. The van der Waals surface area contributed by atoms with Gasteiger partial charge in [0.2, 0.25) is 5.95 Å². The molecule has 1 aliphatic heterocycles. The van der Waals surface area contributed by atoms with Crippen molar-refractivity contribution in [1.82, 2.24) is 30.1 Å². The van der Waals surface area contributed by atoms with Gasteiger partial charge in [-0.3, -0.25) is 4.90 Å². The molecule has 0 spiro atoms. The minimum atomic E-state index is -0.208. The van der Waals surface area contributed by atoms with Gasteiger partial charge in [0.25, 0.3) is 0 Å². The molecule has 0 radical (unpaired) electrons. The van der Waals surface area contributed by atoms with Crippen molar-refractivity contribution in [2.45, 2.75) is 82.6 Å². The van der Waals surface area contributed by atoms with E-state index in [1.807, 2.05) is 36.7 Å². The van der Waals surface area contributed by atoms with E-state index < -0.39 is 0 Å². The van der Waals surface area contributed by atoms with Crippen LogP contribution in [-0.2, 0) is 13.1 Å². The molecular weight excluding hydrogens is 621 g/mol. The fraction of sp³-hybridized carbons (Fsp3) is 0.439. The lowest BCUT2D eigenvalue weighted by Crippen LogP contribution is -2.43. The van der Waals surface area contributed by atoms with Gasteiger partial charge in [-0.05, 0) is 105 Å². The van der Waals surface area contributed by atoms with Crippen molar-refractivity contribution in [3.05, 3.63) is 95.4 Å². The molecule has 9 heteroatoms. The van der Waals surface area contributed by atoms with Gasteiger partial charge in [-0.2, -0.15) is 4.98 Å². The molecule has 7 rings (SSSR count). The summed E-state index contributed by atoms with van der Waals surface area (Å²) in [5, 5.41) is 20.8. The van der Waals surface area contributed by atoms with Crippen LogP contribution in [0.4, 0.5) is 17.5 Å². The summed E-state index contributed by atoms with van der Waals surface area (Å²) >= 11 is 0. The number of aromatic nitrogens is 3. The van der Waals surface area contributed by atoms with Crippen LogP contribution in [-0.4, -0.2) is 81.3 Å². The molecule has 0 atom stereocenters. The van der Waals surface area contributed by atoms with Gasteiger partial charge in [-0.25, -0.2) is 9.97 Å². The Hall–Kier alpha value is -4.33. The predicted octanol–water partition coefficient (Wildman–Crippen LogP) is 6.18. The van der Waals surface area contributed by atoms with Crippen LogP contribution in [0.5, 0.6) is 0 Å². The molecule has 0 amide bonds. The zero-order valence-electron chi connectivity index (χ0n) is 29.2. The van der Waals surface area contributed by atoms with E-state index in [1.165, 1.54) is 36.8 Å². The fourth-order valence-electron chi connectivity index (χ4n) is 7.18. The van der Waals surface area contributed by atoms with E-state index in [1.54, 1.807) is 0 Å². The minimum Gasteiger partial charge on any atom is -0.393 e. The first-order valence-corrected chi connectivity index (χ1v) is 18.4. The molecule has 3 heterocycles. The largest absolute Gasteiger partial charge is 0.393 e. The first-order valence-electron chi connectivity index (χ1n) is 18.4. The molecule has 4 aromatic rings. The smallest absolute Gasteiger partial charge is 0.229 e. The number of benzene rings is 2. The standard InChI is InChI=1S/C41H50N8O/c1-48-22-24-49(25-23-48)29-31-6-11-33(12-7-31)39-28-44-41(47-40(39)45-35-16-18-38(50)19-17-35)46-36-13-8-30(9-14-36)10-15-37-26-32(20-21-42-37)27-43-34-4-2-3-5-34/h6-9,11-14,20-21,26,28,34-35,38,43,50H,2-5,16-19,22-25,27,29H2,1H3,(H2,44,45,46,47). The Balaban J connectivity index is 1.02. The van der Waals surface area contributed by atoms with E-state index in [0.717, 1.165) is 98.8 Å².